The normalized spacial score (nSPS) is 14.7. The maximum atomic E-state index is 12.9. The van der Waals surface area contributed by atoms with Gasteiger partial charge >= 0.3 is 0 Å². The third kappa shape index (κ3) is 4.97. The van der Waals surface area contributed by atoms with Crippen molar-refractivity contribution < 1.29 is 14.0 Å². The fraction of sp³-hybridized carbons (Fsp3) is 0.286. The SMILES string of the molecule is Cc1nc(CN2CCN(C(=O)c3cccc(NC(=O)c4ccc(Br)o4)c3)CC2)cs1. The Morgan fingerprint density at radius 3 is 2.67 bits per heavy atom. The van der Waals surface area contributed by atoms with Crippen LogP contribution in [0.25, 0.3) is 0 Å². The van der Waals surface area contributed by atoms with E-state index in [4.69, 9.17) is 4.42 Å². The van der Waals surface area contributed by atoms with Gasteiger partial charge in [0.1, 0.15) is 0 Å². The smallest absolute Gasteiger partial charge is 0.291 e. The molecule has 156 valence electrons. The lowest BCUT2D eigenvalue weighted by Gasteiger charge is -2.34. The van der Waals surface area contributed by atoms with Crippen LogP contribution in [0.1, 0.15) is 31.6 Å². The molecule has 1 saturated heterocycles. The molecule has 0 unspecified atom stereocenters. The van der Waals surface area contributed by atoms with Gasteiger partial charge in [-0.15, -0.1) is 11.3 Å². The van der Waals surface area contributed by atoms with Crippen LogP contribution in [-0.4, -0.2) is 52.8 Å². The summed E-state index contributed by atoms with van der Waals surface area (Å²) in [6.07, 6.45) is 0. The Morgan fingerprint density at radius 1 is 1.20 bits per heavy atom. The van der Waals surface area contributed by atoms with Gasteiger partial charge in [0.15, 0.2) is 10.4 Å². The Hall–Kier alpha value is -2.49. The number of halogens is 1. The van der Waals surface area contributed by atoms with E-state index in [-0.39, 0.29) is 17.6 Å². The van der Waals surface area contributed by atoms with Crippen molar-refractivity contribution in [2.45, 2.75) is 13.5 Å². The van der Waals surface area contributed by atoms with Gasteiger partial charge in [0, 0.05) is 49.4 Å². The van der Waals surface area contributed by atoms with Crippen molar-refractivity contribution in [3.63, 3.8) is 0 Å². The summed E-state index contributed by atoms with van der Waals surface area (Å²) in [5, 5.41) is 5.93. The molecule has 1 aliphatic rings. The zero-order valence-electron chi connectivity index (χ0n) is 16.4. The quantitative estimate of drug-likeness (QED) is 0.586. The zero-order valence-corrected chi connectivity index (χ0v) is 18.8. The molecule has 0 radical (unpaired) electrons. The lowest BCUT2D eigenvalue weighted by Crippen LogP contribution is -2.48. The van der Waals surface area contributed by atoms with Crippen molar-refractivity contribution in [2.75, 3.05) is 31.5 Å². The van der Waals surface area contributed by atoms with E-state index in [0.29, 0.717) is 29.0 Å². The maximum absolute atomic E-state index is 12.9. The molecule has 0 aliphatic carbocycles. The number of piperazine rings is 1. The number of anilines is 1. The highest BCUT2D eigenvalue weighted by Gasteiger charge is 2.23. The Labute approximate surface area is 186 Å². The number of furan rings is 1. The molecular formula is C21H21BrN4O3S. The highest BCUT2D eigenvalue weighted by molar-refractivity contribution is 9.10. The second kappa shape index (κ2) is 9.11. The summed E-state index contributed by atoms with van der Waals surface area (Å²) in [4.78, 5) is 33.9. The molecule has 3 heterocycles. The lowest BCUT2D eigenvalue weighted by molar-refractivity contribution is 0.0627. The highest BCUT2D eigenvalue weighted by Crippen LogP contribution is 2.18. The largest absolute Gasteiger partial charge is 0.444 e. The van der Waals surface area contributed by atoms with Crippen LogP contribution in [0.4, 0.5) is 5.69 Å². The molecule has 0 spiro atoms. The van der Waals surface area contributed by atoms with E-state index < -0.39 is 0 Å². The first kappa shape index (κ1) is 20.8. The van der Waals surface area contributed by atoms with Gasteiger partial charge in [-0.3, -0.25) is 14.5 Å². The minimum absolute atomic E-state index is 0.0315. The summed E-state index contributed by atoms with van der Waals surface area (Å²) >= 11 is 4.84. The summed E-state index contributed by atoms with van der Waals surface area (Å²) < 4.78 is 5.75. The third-order valence-electron chi connectivity index (χ3n) is 4.88. The maximum Gasteiger partial charge on any atom is 0.291 e. The van der Waals surface area contributed by atoms with Crippen LogP contribution in [-0.2, 0) is 6.54 Å². The number of thiazole rings is 1. The van der Waals surface area contributed by atoms with E-state index in [2.05, 4.69) is 36.5 Å². The summed E-state index contributed by atoms with van der Waals surface area (Å²) in [5.74, 6) is -0.197. The average molecular weight is 489 g/mol. The number of nitrogens with one attached hydrogen (secondary N) is 1. The Morgan fingerprint density at radius 2 is 2.00 bits per heavy atom. The van der Waals surface area contributed by atoms with Gasteiger partial charge in [-0.2, -0.15) is 0 Å². The molecule has 3 aromatic rings. The van der Waals surface area contributed by atoms with Gasteiger partial charge in [0.05, 0.1) is 10.7 Å². The summed E-state index contributed by atoms with van der Waals surface area (Å²) in [6.45, 7) is 5.78. The number of hydrogen-bond donors (Lipinski definition) is 1. The topological polar surface area (TPSA) is 78.7 Å². The van der Waals surface area contributed by atoms with Gasteiger partial charge in [-0.25, -0.2) is 4.98 Å². The van der Waals surface area contributed by atoms with E-state index in [1.807, 2.05) is 11.8 Å². The van der Waals surface area contributed by atoms with Crippen molar-refractivity contribution in [3.8, 4) is 0 Å². The summed E-state index contributed by atoms with van der Waals surface area (Å²) in [6, 6.07) is 10.2. The number of carbonyl (C=O) groups is 2. The number of rotatable bonds is 5. The summed E-state index contributed by atoms with van der Waals surface area (Å²) in [7, 11) is 0. The Kier molecular flexibility index (Phi) is 6.31. The number of carbonyl (C=O) groups excluding carboxylic acids is 2. The number of benzene rings is 1. The number of amides is 2. The lowest BCUT2D eigenvalue weighted by atomic mass is 10.1. The first-order valence-electron chi connectivity index (χ1n) is 9.57. The van der Waals surface area contributed by atoms with E-state index >= 15 is 0 Å². The van der Waals surface area contributed by atoms with E-state index in [9.17, 15) is 9.59 Å². The van der Waals surface area contributed by atoms with E-state index in [1.165, 1.54) is 0 Å². The molecule has 30 heavy (non-hydrogen) atoms. The molecule has 0 atom stereocenters. The zero-order chi connectivity index (χ0) is 21.1. The third-order valence-corrected chi connectivity index (χ3v) is 6.12. The van der Waals surface area contributed by atoms with Crippen molar-refractivity contribution in [2.24, 2.45) is 0 Å². The van der Waals surface area contributed by atoms with Crippen LogP contribution in [0, 0.1) is 6.92 Å². The van der Waals surface area contributed by atoms with Gasteiger partial charge in [0.2, 0.25) is 0 Å². The molecule has 2 aromatic heterocycles. The second-order valence-corrected chi connectivity index (χ2v) is 8.91. The Balaban J connectivity index is 1.34. The second-order valence-electron chi connectivity index (χ2n) is 7.06. The van der Waals surface area contributed by atoms with Crippen LogP contribution in [0.3, 0.4) is 0 Å². The minimum Gasteiger partial charge on any atom is -0.444 e. The van der Waals surface area contributed by atoms with Crippen LogP contribution < -0.4 is 5.32 Å². The van der Waals surface area contributed by atoms with Crippen LogP contribution in [0.2, 0.25) is 0 Å². The van der Waals surface area contributed by atoms with Gasteiger partial charge < -0.3 is 14.6 Å². The fourth-order valence-electron chi connectivity index (χ4n) is 3.36. The molecule has 7 nitrogen and oxygen atoms in total. The van der Waals surface area contributed by atoms with E-state index in [0.717, 1.165) is 30.3 Å². The number of aromatic nitrogens is 1. The molecule has 0 saturated carbocycles. The molecule has 1 fully saturated rings. The first-order valence-corrected chi connectivity index (χ1v) is 11.2. The van der Waals surface area contributed by atoms with Crippen molar-refractivity contribution in [1.82, 2.24) is 14.8 Å². The van der Waals surface area contributed by atoms with E-state index in [1.54, 1.807) is 47.7 Å². The molecule has 0 bridgehead atoms. The van der Waals surface area contributed by atoms with Crippen LogP contribution in [0.5, 0.6) is 0 Å². The molecule has 1 aromatic carbocycles. The predicted molar refractivity (Wildman–Crippen MR) is 119 cm³/mol. The van der Waals surface area contributed by atoms with Crippen molar-refractivity contribution >= 4 is 44.8 Å². The van der Waals surface area contributed by atoms with Gasteiger partial charge in [-0.1, -0.05) is 6.07 Å². The average Bonchev–Trinajstić information content (AvgIpc) is 3.36. The molecule has 4 rings (SSSR count). The fourth-order valence-corrected chi connectivity index (χ4v) is 4.27. The Bertz CT molecular complexity index is 1060. The monoisotopic (exact) mass is 488 g/mol. The number of aryl methyl sites for hydroxylation is 1. The first-order chi connectivity index (χ1) is 14.5. The molecule has 1 N–H and O–H groups in total. The molecule has 2 amide bonds. The minimum atomic E-state index is -0.365. The van der Waals surface area contributed by atoms with Gasteiger partial charge in [-0.05, 0) is 53.2 Å². The molecular weight excluding hydrogens is 468 g/mol. The van der Waals surface area contributed by atoms with Crippen molar-refractivity contribution in [3.05, 3.63) is 68.5 Å². The standard InChI is InChI=1S/C21H21BrN4O3S/c1-14-23-17(13-30-14)12-25-7-9-26(10-8-25)21(28)15-3-2-4-16(11-15)24-20(27)18-5-6-19(22)29-18/h2-6,11,13H,7-10,12H2,1H3,(H,24,27). The summed E-state index contributed by atoms with van der Waals surface area (Å²) in [5.41, 5.74) is 2.19. The van der Waals surface area contributed by atoms with Crippen LogP contribution >= 0.6 is 27.3 Å². The number of hydrogen-bond acceptors (Lipinski definition) is 6. The predicted octanol–water partition coefficient (Wildman–Crippen LogP) is 4.02. The highest BCUT2D eigenvalue weighted by atomic mass is 79.9. The van der Waals surface area contributed by atoms with Crippen molar-refractivity contribution in [1.29, 1.82) is 0 Å². The van der Waals surface area contributed by atoms with Gasteiger partial charge in [0.25, 0.3) is 11.8 Å². The van der Waals surface area contributed by atoms with Crippen LogP contribution in [0.15, 0.2) is 50.9 Å². The number of nitrogens with zero attached hydrogens (tertiary/aromatic N) is 3. The molecule has 9 heteroatoms. The molecule has 1 aliphatic heterocycles.